The van der Waals surface area contributed by atoms with E-state index in [1.165, 1.54) is 0 Å². The van der Waals surface area contributed by atoms with Crippen molar-refractivity contribution in [2.24, 2.45) is 5.92 Å². The van der Waals surface area contributed by atoms with Crippen LogP contribution < -0.4 is 10.1 Å². The van der Waals surface area contributed by atoms with Crippen LogP contribution in [0.2, 0.25) is 0 Å². The van der Waals surface area contributed by atoms with E-state index in [2.05, 4.69) is 5.32 Å². The standard InChI is InChI=1S/C14H19NO3/c1-9(2)18-11-5-3-10(4-6-11)13-12(14(16)17)7-8-15-13/h3-6,9,12-13,15H,7-8H2,1-2H3,(H,16,17). The van der Waals surface area contributed by atoms with Gasteiger partial charge in [-0.15, -0.1) is 0 Å². The van der Waals surface area contributed by atoms with Crippen molar-refractivity contribution in [1.29, 1.82) is 0 Å². The highest BCUT2D eigenvalue weighted by Gasteiger charge is 2.33. The summed E-state index contributed by atoms with van der Waals surface area (Å²) in [5, 5.41) is 12.4. The summed E-state index contributed by atoms with van der Waals surface area (Å²) in [6.07, 6.45) is 0.830. The molecule has 1 saturated heterocycles. The first kappa shape index (κ1) is 12.9. The van der Waals surface area contributed by atoms with E-state index < -0.39 is 5.97 Å². The van der Waals surface area contributed by atoms with E-state index in [9.17, 15) is 4.79 Å². The van der Waals surface area contributed by atoms with Crippen molar-refractivity contribution in [3.05, 3.63) is 29.8 Å². The van der Waals surface area contributed by atoms with Crippen LogP contribution in [0.5, 0.6) is 5.75 Å². The molecule has 98 valence electrons. The zero-order chi connectivity index (χ0) is 13.1. The quantitative estimate of drug-likeness (QED) is 0.859. The third kappa shape index (κ3) is 2.82. The molecule has 2 N–H and O–H groups in total. The fraction of sp³-hybridized carbons (Fsp3) is 0.500. The summed E-state index contributed by atoms with van der Waals surface area (Å²) in [5.41, 5.74) is 1.01. The van der Waals surface area contributed by atoms with Gasteiger partial charge >= 0.3 is 5.97 Å². The molecule has 2 unspecified atom stereocenters. The Morgan fingerprint density at radius 2 is 2.06 bits per heavy atom. The number of benzene rings is 1. The lowest BCUT2D eigenvalue weighted by Crippen LogP contribution is -2.23. The molecule has 0 radical (unpaired) electrons. The van der Waals surface area contributed by atoms with E-state index in [0.29, 0.717) is 6.42 Å². The van der Waals surface area contributed by atoms with Gasteiger partial charge in [-0.2, -0.15) is 0 Å². The predicted octanol–water partition coefficient (Wildman–Crippen LogP) is 2.21. The Morgan fingerprint density at radius 1 is 1.39 bits per heavy atom. The smallest absolute Gasteiger partial charge is 0.308 e. The highest BCUT2D eigenvalue weighted by molar-refractivity contribution is 5.71. The Balaban J connectivity index is 2.11. The molecule has 4 heteroatoms. The van der Waals surface area contributed by atoms with Crippen molar-refractivity contribution in [3.63, 3.8) is 0 Å². The van der Waals surface area contributed by atoms with Crippen molar-refractivity contribution in [3.8, 4) is 5.75 Å². The molecule has 1 fully saturated rings. The number of aliphatic carboxylic acids is 1. The molecule has 0 amide bonds. The van der Waals surface area contributed by atoms with E-state index in [0.717, 1.165) is 17.9 Å². The van der Waals surface area contributed by atoms with Gasteiger partial charge in [0.1, 0.15) is 5.75 Å². The van der Waals surface area contributed by atoms with Crippen LogP contribution in [0.25, 0.3) is 0 Å². The molecule has 2 rings (SSSR count). The minimum atomic E-state index is -0.729. The van der Waals surface area contributed by atoms with Gasteiger partial charge in [0.15, 0.2) is 0 Å². The number of nitrogens with one attached hydrogen (secondary N) is 1. The highest BCUT2D eigenvalue weighted by atomic mass is 16.5. The fourth-order valence-corrected chi connectivity index (χ4v) is 2.35. The van der Waals surface area contributed by atoms with E-state index in [1.54, 1.807) is 0 Å². The zero-order valence-electron chi connectivity index (χ0n) is 10.7. The molecule has 0 aliphatic carbocycles. The van der Waals surface area contributed by atoms with Crippen molar-refractivity contribution in [2.45, 2.75) is 32.4 Å². The highest BCUT2D eigenvalue weighted by Crippen LogP contribution is 2.30. The lowest BCUT2D eigenvalue weighted by atomic mass is 9.94. The van der Waals surface area contributed by atoms with Crippen molar-refractivity contribution >= 4 is 5.97 Å². The maximum absolute atomic E-state index is 11.1. The van der Waals surface area contributed by atoms with Gasteiger partial charge in [-0.25, -0.2) is 0 Å². The SMILES string of the molecule is CC(C)Oc1ccc(C2NCCC2C(=O)O)cc1. The average molecular weight is 249 g/mol. The lowest BCUT2D eigenvalue weighted by Gasteiger charge is -2.17. The Morgan fingerprint density at radius 3 is 2.61 bits per heavy atom. The third-order valence-electron chi connectivity index (χ3n) is 3.15. The van der Waals surface area contributed by atoms with Crippen LogP contribution in [-0.2, 0) is 4.79 Å². The number of carboxylic acid groups (broad SMARTS) is 1. The van der Waals surface area contributed by atoms with Gasteiger partial charge in [-0.3, -0.25) is 4.79 Å². The van der Waals surface area contributed by atoms with Gasteiger partial charge in [-0.1, -0.05) is 12.1 Å². The number of ether oxygens (including phenoxy) is 1. The molecule has 1 aromatic carbocycles. The van der Waals surface area contributed by atoms with E-state index >= 15 is 0 Å². The van der Waals surface area contributed by atoms with Crippen LogP contribution in [-0.4, -0.2) is 23.7 Å². The van der Waals surface area contributed by atoms with Gasteiger partial charge in [0.2, 0.25) is 0 Å². The molecule has 0 spiro atoms. The second-order valence-electron chi connectivity index (χ2n) is 4.90. The summed E-state index contributed by atoms with van der Waals surface area (Å²) in [5.74, 6) is -0.243. The van der Waals surface area contributed by atoms with Gasteiger partial charge in [0.25, 0.3) is 0 Å². The fourth-order valence-electron chi connectivity index (χ4n) is 2.35. The number of hydrogen-bond acceptors (Lipinski definition) is 3. The normalized spacial score (nSPS) is 23.3. The Hall–Kier alpha value is -1.55. The second kappa shape index (κ2) is 5.40. The van der Waals surface area contributed by atoms with Crippen LogP contribution >= 0.6 is 0 Å². The molecular weight excluding hydrogens is 230 g/mol. The molecule has 0 aromatic heterocycles. The number of hydrogen-bond donors (Lipinski definition) is 2. The van der Waals surface area contributed by atoms with Crippen LogP contribution in [0.4, 0.5) is 0 Å². The van der Waals surface area contributed by atoms with Crippen molar-refractivity contribution in [1.82, 2.24) is 5.32 Å². The topological polar surface area (TPSA) is 58.6 Å². The molecule has 4 nitrogen and oxygen atoms in total. The Bertz CT molecular complexity index is 414. The monoisotopic (exact) mass is 249 g/mol. The molecule has 0 saturated carbocycles. The first-order valence-corrected chi connectivity index (χ1v) is 6.30. The van der Waals surface area contributed by atoms with E-state index in [1.807, 2.05) is 38.1 Å². The molecular formula is C14H19NO3. The molecule has 1 aromatic rings. The third-order valence-corrected chi connectivity index (χ3v) is 3.15. The first-order valence-electron chi connectivity index (χ1n) is 6.30. The number of carboxylic acids is 1. The van der Waals surface area contributed by atoms with Gasteiger partial charge in [-0.05, 0) is 44.5 Å². The summed E-state index contributed by atoms with van der Waals surface area (Å²) >= 11 is 0. The average Bonchev–Trinajstić information content (AvgIpc) is 2.78. The van der Waals surface area contributed by atoms with Gasteiger partial charge in [0.05, 0.1) is 12.0 Å². The molecule has 1 heterocycles. The van der Waals surface area contributed by atoms with E-state index in [4.69, 9.17) is 9.84 Å². The summed E-state index contributed by atoms with van der Waals surface area (Å²) in [6, 6.07) is 7.59. The van der Waals surface area contributed by atoms with Crippen LogP contribution in [0.1, 0.15) is 31.9 Å². The largest absolute Gasteiger partial charge is 0.491 e. The number of carbonyl (C=O) groups is 1. The van der Waals surface area contributed by atoms with Crippen molar-refractivity contribution in [2.75, 3.05) is 6.54 Å². The molecule has 18 heavy (non-hydrogen) atoms. The Kier molecular flexibility index (Phi) is 3.87. The molecule has 2 atom stereocenters. The summed E-state index contributed by atoms with van der Waals surface area (Å²) < 4.78 is 5.57. The minimum absolute atomic E-state index is 0.0874. The summed E-state index contributed by atoms with van der Waals surface area (Å²) in [4.78, 5) is 11.1. The maximum atomic E-state index is 11.1. The molecule has 1 aliphatic heterocycles. The predicted molar refractivity (Wildman–Crippen MR) is 68.7 cm³/mol. The van der Waals surface area contributed by atoms with Crippen LogP contribution in [0.3, 0.4) is 0 Å². The van der Waals surface area contributed by atoms with E-state index in [-0.39, 0.29) is 18.1 Å². The second-order valence-corrected chi connectivity index (χ2v) is 4.90. The van der Waals surface area contributed by atoms with Crippen LogP contribution in [0.15, 0.2) is 24.3 Å². The van der Waals surface area contributed by atoms with Gasteiger partial charge < -0.3 is 15.2 Å². The van der Waals surface area contributed by atoms with Crippen LogP contribution in [0, 0.1) is 5.92 Å². The first-order chi connectivity index (χ1) is 8.58. The summed E-state index contributed by atoms with van der Waals surface area (Å²) in [7, 11) is 0. The zero-order valence-corrected chi connectivity index (χ0v) is 10.7. The maximum Gasteiger partial charge on any atom is 0.308 e. The number of rotatable bonds is 4. The lowest BCUT2D eigenvalue weighted by molar-refractivity contribution is -0.142. The van der Waals surface area contributed by atoms with Crippen molar-refractivity contribution < 1.29 is 14.6 Å². The molecule has 0 bridgehead atoms. The summed E-state index contributed by atoms with van der Waals surface area (Å²) in [6.45, 7) is 4.71. The Labute approximate surface area is 107 Å². The molecule has 1 aliphatic rings. The minimum Gasteiger partial charge on any atom is -0.491 e. The van der Waals surface area contributed by atoms with Gasteiger partial charge in [0, 0.05) is 6.04 Å².